The second-order valence-electron chi connectivity index (χ2n) is 7.00. The van der Waals surface area contributed by atoms with E-state index in [1.165, 1.54) is 17.8 Å². The van der Waals surface area contributed by atoms with Gasteiger partial charge < -0.3 is 14.6 Å². The molecule has 0 spiro atoms. The van der Waals surface area contributed by atoms with E-state index in [1.807, 2.05) is 4.57 Å². The minimum atomic E-state index is -0.469. The molecule has 1 aromatic heterocycles. The van der Waals surface area contributed by atoms with Gasteiger partial charge in [-0.3, -0.25) is 9.59 Å². The standard InChI is InChI=1S/C23H22Cl2N4O3S/c1-4-11-29-21(14(2)26-22(31)18-10-7-16(24)12-19(18)25)27-28-23(29)33-13-20(30)15-5-8-17(32-3)9-6-15/h4-10,12,14H,1,11,13H2,2-3H3,(H,26,31). The zero-order valence-electron chi connectivity index (χ0n) is 18.0. The van der Waals surface area contributed by atoms with E-state index in [-0.39, 0.29) is 22.5 Å². The van der Waals surface area contributed by atoms with Crippen LogP contribution in [0.1, 0.15) is 39.5 Å². The topological polar surface area (TPSA) is 86.1 Å². The van der Waals surface area contributed by atoms with Gasteiger partial charge in [0, 0.05) is 17.1 Å². The third kappa shape index (κ3) is 6.16. The molecule has 0 aliphatic carbocycles. The van der Waals surface area contributed by atoms with Crippen molar-refractivity contribution in [3.05, 3.63) is 82.1 Å². The largest absolute Gasteiger partial charge is 0.497 e. The average molecular weight is 505 g/mol. The summed E-state index contributed by atoms with van der Waals surface area (Å²) in [6.45, 7) is 6.00. The molecule has 7 nitrogen and oxygen atoms in total. The van der Waals surface area contributed by atoms with E-state index in [1.54, 1.807) is 56.5 Å². The molecule has 0 bridgehead atoms. The summed E-state index contributed by atoms with van der Waals surface area (Å²) in [6.07, 6.45) is 1.70. The third-order valence-electron chi connectivity index (χ3n) is 4.71. The SMILES string of the molecule is C=CCn1c(SCC(=O)c2ccc(OC)cc2)nnc1C(C)NC(=O)c1ccc(Cl)cc1Cl. The Morgan fingerprint density at radius 2 is 1.94 bits per heavy atom. The number of rotatable bonds is 10. The van der Waals surface area contributed by atoms with Crippen LogP contribution in [0.15, 0.2) is 60.3 Å². The monoisotopic (exact) mass is 504 g/mol. The van der Waals surface area contributed by atoms with Crippen LogP contribution in [0.2, 0.25) is 10.0 Å². The van der Waals surface area contributed by atoms with Crippen molar-refractivity contribution in [3.63, 3.8) is 0 Å². The summed E-state index contributed by atoms with van der Waals surface area (Å²) in [5, 5.41) is 12.6. The number of carbonyl (C=O) groups excluding carboxylic acids is 2. The zero-order valence-corrected chi connectivity index (χ0v) is 20.4. The van der Waals surface area contributed by atoms with Gasteiger partial charge in [-0.1, -0.05) is 41.0 Å². The van der Waals surface area contributed by atoms with Crippen molar-refractivity contribution >= 4 is 46.7 Å². The summed E-state index contributed by atoms with van der Waals surface area (Å²) in [5.74, 6) is 0.999. The highest BCUT2D eigenvalue weighted by Gasteiger charge is 2.21. The minimum absolute atomic E-state index is 0.0453. The van der Waals surface area contributed by atoms with Crippen molar-refractivity contribution < 1.29 is 14.3 Å². The van der Waals surface area contributed by atoms with Gasteiger partial charge in [0.1, 0.15) is 5.75 Å². The van der Waals surface area contributed by atoms with Gasteiger partial charge in [-0.15, -0.1) is 16.8 Å². The van der Waals surface area contributed by atoms with Gasteiger partial charge in [0.2, 0.25) is 0 Å². The molecule has 172 valence electrons. The summed E-state index contributed by atoms with van der Waals surface area (Å²) < 4.78 is 6.94. The van der Waals surface area contributed by atoms with E-state index in [4.69, 9.17) is 27.9 Å². The first kappa shape index (κ1) is 24.8. The number of benzene rings is 2. The van der Waals surface area contributed by atoms with Gasteiger partial charge in [0.25, 0.3) is 5.91 Å². The van der Waals surface area contributed by atoms with E-state index in [0.717, 1.165) is 0 Å². The molecule has 0 radical (unpaired) electrons. The Morgan fingerprint density at radius 3 is 2.58 bits per heavy atom. The number of aromatic nitrogens is 3. The van der Waals surface area contributed by atoms with Crippen molar-refractivity contribution in [1.29, 1.82) is 0 Å². The first-order valence-electron chi connectivity index (χ1n) is 9.94. The van der Waals surface area contributed by atoms with Crippen LogP contribution >= 0.6 is 35.0 Å². The van der Waals surface area contributed by atoms with E-state index < -0.39 is 6.04 Å². The highest BCUT2D eigenvalue weighted by atomic mass is 35.5. The number of thioether (sulfide) groups is 1. The number of halogens is 2. The van der Waals surface area contributed by atoms with Crippen LogP contribution in [0.4, 0.5) is 0 Å². The van der Waals surface area contributed by atoms with Crippen LogP contribution in [0.5, 0.6) is 5.75 Å². The molecule has 3 aromatic rings. The predicted octanol–water partition coefficient (Wildman–Crippen LogP) is 5.25. The number of hydrogen-bond acceptors (Lipinski definition) is 6. The number of allylic oxidation sites excluding steroid dienone is 1. The molecule has 0 aliphatic heterocycles. The number of Topliss-reactive ketones (excluding diaryl/α,β-unsaturated/α-hetero) is 1. The summed E-state index contributed by atoms with van der Waals surface area (Å²) in [7, 11) is 1.57. The van der Waals surface area contributed by atoms with Crippen LogP contribution in [0.25, 0.3) is 0 Å². The van der Waals surface area contributed by atoms with Crippen molar-refractivity contribution in [2.45, 2.75) is 24.7 Å². The molecule has 3 rings (SSSR count). The van der Waals surface area contributed by atoms with E-state index >= 15 is 0 Å². The van der Waals surface area contributed by atoms with Crippen LogP contribution in [0, 0.1) is 0 Å². The third-order valence-corrected chi connectivity index (χ3v) is 6.23. The molecule has 2 aromatic carbocycles. The highest BCUT2D eigenvalue weighted by molar-refractivity contribution is 7.99. The Hall–Kier alpha value is -2.81. The van der Waals surface area contributed by atoms with Crippen LogP contribution in [0.3, 0.4) is 0 Å². The molecule has 0 saturated heterocycles. The molecular weight excluding hydrogens is 483 g/mol. The first-order chi connectivity index (χ1) is 15.8. The second kappa shape index (κ2) is 11.4. The van der Waals surface area contributed by atoms with Gasteiger partial charge in [-0.25, -0.2) is 0 Å². The van der Waals surface area contributed by atoms with Crippen molar-refractivity contribution in [3.8, 4) is 5.75 Å². The van der Waals surface area contributed by atoms with Crippen LogP contribution < -0.4 is 10.1 Å². The Kier molecular flexibility index (Phi) is 8.55. The number of nitrogens with one attached hydrogen (secondary N) is 1. The molecular formula is C23H22Cl2N4O3S. The molecule has 0 aliphatic rings. The maximum absolute atomic E-state index is 12.7. The maximum atomic E-state index is 12.7. The Labute approximate surface area is 206 Å². The first-order valence-corrected chi connectivity index (χ1v) is 11.7. The quantitative estimate of drug-likeness (QED) is 0.230. The van der Waals surface area contributed by atoms with Gasteiger partial charge in [0.15, 0.2) is 16.8 Å². The second-order valence-corrected chi connectivity index (χ2v) is 8.79. The molecule has 1 heterocycles. The maximum Gasteiger partial charge on any atom is 0.253 e. The number of amides is 1. The molecule has 1 amide bonds. The van der Waals surface area contributed by atoms with Crippen LogP contribution in [-0.2, 0) is 6.54 Å². The number of methoxy groups -OCH3 is 1. The van der Waals surface area contributed by atoms with Gasteiger partial charge in [0.05, 0.1) is 29.5 Å². The molecule has 1 atom stereocenters. The lowest BCUT2D eigenvalue weighted by molar-refractivity contribution is 0.0937. The Bertz CT molecular complexity index is 1170. The Morgan fingerprint density at radius 1 is 1.21 bits per heavy atom. The number of carbonyl (C=O) groups is 2. The number of nitrogens with zero attached hydrogens (tertiary/aromatic N) is 3. The fourth-order valence-electron chi connectivity index (χ4n) is 3.03. The number of hydrogen-bond donors (Lipinski definition) is 1. The van der Waals surface area contributed by atoms with E-state index in [2.05, 4.69) is 22.1 Å². The van der Waals surface area contributed by atoms with E-state index in [9.17, 15) is 9.59 Å². The average Bonchev–Trinajstić information content (AvgIpc) is 3.20. The fraction of sp³-hybridized carbons (Fsp3) is 0.217. The normalized spacial score (nSPS) is 11.6. The van der Waals surface area contributed by atoms with Crippen molar-refractivity contribution in [2.24, 2.45) is 0 Å². The molecule has 33 heavy (non-hydrogen) atoms. The van der Waals surface area contributed by atoms with Gasteiger partial charge in [-0.05, 0) is 49.4 Å². The number of ketones is 1. The van der Waals surface area contributed by atoms with Gasteiger partial charge in [-0.2, -0.15) is 0 Å². The summed E-state index contributed by atoms with van der Waals surface area (Å²) >= 11 is 13.3. The molecule has 10 heteroatoms. The lowest BCUT2D eigenvalue weighted by Crippen LogP contribution is -2.29. The lowest BCUT2D eigenvalue weighted by Gasteiger charge is -2.16. The van der Waals surface area contributed by atoms with Crippen molar-refractivity contribution in [2.75, 3.05) is 12.9 Å². The van der Waals surface area contributed by atoms with E-state index in [0.29, 0.717) is 39.4 Å². The number of ether oxygens (including phenoxy) is 1. The smallest absolute Gasteiger partial charge is 0.253 e. The molecule has 0 saturated carbocycles. The zero-order chi connectivity index (χ0) is 24.0. The summed E-state index contributed by atoms with van der Waals surface area (Å²) in [5.41, 5.74) is 0.890. The predicted molar refractivity (Wildman–Crippen MR) is 131 cm³/mol. The minimum Gasteiger partial charge on any atom is -0.497 e. The van der Waals surface area contributed by atoms with Crippen molar-refractivity contribution in [1.82, 2.24) is 20.1 Å². The molecule has 1 unspecified atom stereocenters. The fourth-order valence-corrected chi connectivity index (χ4v) is 4.37. The summed E-state index contributed by atoms with van der Waals surface area (Å²) in [4.78, 5) is 25.2. The molecule has 1 N–H and O–H groups in total. The van der Waals surface area contributed by atoms with Crippen LogP contribution in [-0.4, -0.2) is 39.3 Å². The highest BCUT2D eigenvalue weighted by Crippen LogP contribution is 2.24. The summed E-state index contributed by atoms with van der Waals surface area (Å²) in [6, 6.07) is 11.1. The van der Waals surface area contributed by atoms with Gasteiger partial charge >= 0.3 is 0 Å². The molecule has 0 fully saturated rings. The lowest BCUT2D eigenvalue weighted by atomic mass is 10.1. The Balaban J connectivity index is 1.71.